The topological polar surface area (TPSA) is 78.0 Å². The number of rotatable bonds is 4. The van der Waals surface area contributed by atoms with Gasteiger partial charge in [-0.05, 0) is 30.9 Å². The second kappa shape index (κ2) is 6.29. The van der Waals surface area contributed by atoms with Crippen molar-refractivity contribution in [3.05, 3.63) is 29.8 Å². The lowest BCUT2D eigenvalue weighted by Crippen LogP contribution is -2.51. The molecule has 0 saturated carbocycles. The molecule has 1 saturated heterocycles. The molecule has 2 heterocycles. The zero-order chi connectivity index (χ0) is 17.5. The molecule has 1 aromatic carbocycles. The summed E-state index contributed by atoms with van der Waals surface area (Å²) in [5.41, 5.74) is 1.75. The maximum absolute atomic E-state index is 13.1. The lowest BCUT2D eigenvalue weighted by atomic mass is 10.2. The third-order valence-electron chi connectivity index (χ3n) is 4.70. The normalized spacial score (nSPS) is 22.8. The van der Waals surface area contributed by atoms with Crippen LogP contribution in [0.4, 0.5) is 5.69 Å². The predicted molar refractivity (Wildman–Crippen MR) is 93.6 cm³/mol. The second-order valence-corrected chi connectivity index (χ2v) is 10.7. The number of nitrogens with zero attached hydrogens (tertiary/aromatic N) is 3. The van der Waals surface area contributed by atoms with Crippen molar-refractivity contribution in [3.8, 4) is 0 Å². The van der Waals surface area contributed by atoms with Gasteiger partial charge in [-0.15, -0.1) is 0 Å². The Bertz CT molecular complexity index is 821. The third kappa shape index (κ3) is 2.94. The summed E-state index contributed by atoms with van der Waals surface area (Å²) in [4.78, 5) is 0. The van der Waals surface area contributed by atoms with Gasteiger partial charge in [0.2, 0.25) is 10.0 Å². The largest absolute Gasteiger partial charge is 0.281 e. The van der Waals surface area contributed by atoms with Gasteiger partial charge in [-0.2, -0.15) is 17.0 Å². The maximum Gasteiger partial charge on any atom is 0.281 e. The summed E-state index contributed by atoms with van der Waals surface area (Å²) < 4.78 is 54.7. The highest BCUT2D eigenvalue weighted by molar-refractivity contribution is 7.93. The number of sulfonamides is 1. The zero-order valence-corrected chi connectivity index (χ0v) is 15.6. The smallest absolute Gasteiger partial charge is 0.269 e. The van der Waals surface area contributed by atoms with Gasteiger partial charge in [-0.3, -0.25) is 4.31 Å². The molecule has 0 aliphatic carbocycles. The molecule has 0 amide bonds. The summed E-state index contributed by atoms with van der Waals surface area (Å²) in [5.74, 6) is 0. The number of anilines is 1. The van der Waals surface area contributed by atoms with Crippen LogP contribution < -0.4 is 4.31 Å². The maximum atomic E-state index is 13.1. The van der Waals surface area contributed by atoms with E-state index in [-0.39, 0.29) is 6.54 Å². The van der Waals surface area contributed by atoms with Gasteiger partial charge in [0.25, 0.3) is 10.2 Å². The van der Waals surface area contributed by atoms with E-state index in [1.165, 1.54) is 22.7 Å². The van der Waals surface area contributed by atoms with E-state index in [9.17, 15) is 16.8 Å². The highest BCUT2D eigenvalue weighted by atomic mass is 32.2. The van der Waals surface area contributed by atoms with E-state index in [0.717, 1.165) is 15.6 Å². The fourth-order valence-corrected chi connectivity index (χ4v) is 6.62. The molecular formula is C15H23N3O4S2. The number of benzene rings is 1. The molecule has 1 atom stereocenters. The summed E-state index contributed by atoms with van der Waals surface area (Å²) in [6.07, 6.45) is 1.73. The Morgan fingerprint density at radius 2 is 1.79 bits per heavy atom. The minimum absolute atomic E-state index is 0.0154. The van der Waals surface area contributed by atoms with Gasteiger partial charge in [0.05, 0.1) is 10.9 Å². The third-order valence-corrected chi connectivity index (χ3v) is 8.83. The lowest BCUT2D eigenvalue weighted by molar-refractivity contribution is 0.324. The number of hydrogen-bond acceptors (Lipinski definition) is 4. The fourth-order valence-electron chi connectivity index (χ4n) is 3.34. The monoisotopic (exact) mass is 373 g/mol. The molecule has 0 aromatic heterocycles. The predicted octanol–water partition coefficient (Wildman–Crippen LogP) is 0.650. The molecule has 1 aromatic rings. The van der Waals surface area contributed by atoms with Crippen molar-refractivity contribution in [2.24, 2.45) is 0 Å². The first-order valence-corrected chi connectivity index (χ1v) is 10.9. The molecule has 9 heteroatoms. The van der Waals surface area contributed by atoms with Gasteiger partial charge >= 0.3 is 0 Å². The summed E-state index contributed by atoms with van der Waals surface area (Å²) in [6, 6.07) is 7.49. The van der Waals surface area contributed by atoms with E-state index in [1.54, 1.807) is 0 Å². The van der Waals surface area contributed by atoms with E-state index >= 15 is 0 Å². The minimum atomic E-state index is -3.59. The Hall–Kier alpha value is -1.16. The molecule has 1 unspecified atom stereocenters. The van der Waals surface area contributed by atoms with Crippen LogP contribution in [0.5, 0.6) is 0 Å². The lowest BCUT2D eigenvalue weighted by Gasteiger charge is -2.35. The number of piperidine rings is 1. The van der Waals surface area contributed by atoms with Crippen molar-refractivity contribution in [1.82, 2.24) is 8.61 Å². The molecule has 0 spiro atoms. The fraction of sp³-hybridized carbons (Fsp3) is 0.600. The minimum Gasteiger partial charge on any atom is -0.269 e. The van der Waals surface area contributed by atoms with Gasteiger partial charge in [-0.25, -0.2) is 8.42 Å². The van der Waals surface area contributed by atoms with E-state index in [4.69, 9.17) is 0 Å². The Kier molecular flexibility index (Phi) is 4.63. The van der Waals surface area contributed by atoms with Crippen molar-refractivity contribution in [2.75, 3.05) is 38.0 Å². The number of para-hydroxylation sites is 1. The first kappa shape index (κ1) is 17.7. The molecule has 1 fully saturated rings. The van der Waals surface area contributed by atoms with E-state index in [0.29, 0.717) is 32.4 Å². The van der Waals surface area contributed by atoms with E-state index in [1.807, 2.05) is 24.3 Å². The molecule has 7 nitrogen and oxygen atoms in total. The van der Waals surface area contributed by atoms with E-state index < -0.39 is 25.5 Å². The average Bonchev–Trinajstić information content (AvgIpc) is 2.99. The van der Waals surface area contributed by atoms with Gasteiger partial charge in [-0.1, -0.05) is 18.2 Å². The Morgan fingerprint density at radius 1 is 1.08 bits per heavy atom. The summed E-state index contributed by atoms with van der Waals surface area (Å²) >= 11 is 0. The van der Waals surface area contributed by atoms with Crippen LogP contribution in [0.2, 0.25) is 0 Å². The van der Waals surface area contributed by atoms with Crippen molar-refractivity contribution in [1.29, 1.82) is 0 Å². The highest BCUT2D eigenvalue weighted by Gasteiger charge is 2.41. The van der Waals surface area contributed by atoms with Crippen molar-refractivity contribution >= 4 is 25.9 Å². The van der Waals surface area contributed by atoms with Crippen LogP contribution in [0.25, 0.3) is 0 Å². The Labute approximate surface area is 144 Å². The van der Waals surface area contributed by atoms with Gasteiger partial charge in [0.1, 0.15) is 0 Å². The molecule has 3 rings (SSSR count). The SMILES string of the molecule is CN(C)S(=O)(=O)N1CCCC(S(=O)(=O)N2CCc3ccccc32)C1. The highest BCUT2D eigenvalue weighted by Crippen LogP contribution is 2.33. The van der Waals surface area contributed by atoms with Gasteiger partial charge in [0.15, 0.2) is 0 Å². The van der Waals surface area contributed by atoms with Crippen LogP contribution in [0.1, 0.15) is 18.4 Å². The Balaban J connectivity index is 1.86. The zero-order valence-electron chi connectivity index (χ0n) is 13.9. The van der Waals surface area contributed by atoms with Crippen LogP contribution in [0.3, 0.4) is 0 Å². The summed E-state index contributed by atoms with van der Waals surface area (Å²) in [7, 11) is -4.25. The average molecular weight is 374 g/mol. The van der Waals surface area contributed by atoms with Crippen molar-refractivity contribution < 1.29 is 16.8 Å². The second-order valence-electron chi connectivity index (χ2n) is 6.41. The number of fused-ring (bicyclic) bond motifs is 1. The number of hydrogen-bond donors (Lipinski definition) is 0. The molecule has 0 N–H and O–H groups in total. The van der Waals surface area contributed by atoms with Crippen LogP contribution in [-0.4, -0.2) is 64.4 Å². The first-order valence-electron chi connectivity index (χ1n) is 8.01. The van der Waals surface area contributed by atoms with Crippen molar-refractivity contribution in [2.45, 2.75) is 24.5 Å². The van der Waals surface area contributed by atoms with Gasteiger partial charge in [0, 0.05) is 33.7 Å². The Morgan fingerprint density at radius 3 is 2.50 bits per heavy atom. The molecule has 2 aliphatic heterocycles. The van der Waals surface area contributed by atoms with Gasteiger partial charge < -0.3 is 0 Å². The van der Waals surface area contributed by atoms with Crippen LogP contribution in [0.15, 0.2) is 24.3 Å². The standard InChI is InChI=1S/C15H23N3O4S2/c1-16(2)24(21,22)17-10-5-7-14(12-17)23(19,20)18-11-9-13-6-3-4-8-15(13)18/h3-4,6,8,14H,5,7,9-12H2,1-2H3. The molecule has 24 heavy (non-hydrogen) atoms. The molecule has 0 radical (unpaired) electrons. The van der Waals surface area contributed by atoms with Crippen LogP contribution in [-0.2, 0) is 26.7 Å². The summed E-state index contributed by atoms with van der Waals surface area (Å²) in [5, 5.41) is -0.702. The molecular weight excluding hydrogens is 350 g/mol. The molecule has 2 aliphatic rings. The quantitative estimate of drug-likeness (QED) is 0.776. The van der Waals surface area contributed by atoms with Crippen molar-refractivity contribution in [3.63, 3.8) is 0 Å². The van der Waals surface area contributed by atoms with E-state index in [2.05, 4.69) is 0 Å². The van der Waals surface area contributed by atoms with Crippen LogP contribution >= 0.6 is 0 Å². The molecule has 134 valence electrons. The van der Waals surface area contributed by atoms with Crippen LogP contribution in [0, 0.1) is 0 Å². The first-order chi connectivity index (χ1) is 11.2. The summed E-state index contributed by atoms with van der Waals surface area (Å²) in [6.45, 7) is 0.809. The molecule has 0 bridgehead atoms.